The van der Waals surface area contributed by atoms with Gasteiger partial charge in [0.25, 0.3) is 0 Å². The largest absolute Gasteiger partial charge is 0.464 e. The second kappa shape index (κ2) is 3.89. The number of hydrogen-bond acceptors (Lipinski definition) is 2. The van der Waals surface area contributed by atoms with Crippen LogP contribution in [-0.4, -0.2) is 6.04 Å². The molecule has 0 aliphatic carbocycles. The molecule has 0 radical (unpaired) electrons. The lowest BCUT2D eigenvalue weighted by Crippen LogP contribution is -2.60. The third-order valence-corrected chi connectivity index (χ3v) is 3.71. The van der Waals surface area contributed by atoms with Crippen molar-refractivity contribution in [2.75, 3.05) is 0 Å². The van der Waals surface area contributed by atoms with E-state index in [4.69, 9.17) is 8.83 Å². The van der Waals surface area contributed by atoms with Crippen molar-refractivity contribution >= 4 is 37.9 Å². The van der Waals surface area contributed by atoms with E-state index in [0.717, 1.165) is 32.8 Å². The standard InChI is InChI=1S/C13H12BrNO2/c1-7(15)6-10-8-2-4-17-13(8)11(14)9-3-5-16-12(9)10/h2-5,7H,6,15H2,1H3/p+1/t7-/m1/s1. The Hall–Kier alpha value is -1.26. The van der Waals surface area contributed by atoms with Gasteiger partial charge in [0.1, 0.15) is 11.2 Å². The van der Waals surface area contributed by atoms with Crippen LogP contribution in [0, 0.1) is 0 Å². The molecule has 4 heteroatoms. The lowest BCUT2D eigenvalue weighted by atomic mass is 10.0. The van der Waals surface area contributed by atoms with Crippen LogP contribution in [0.25, 0.3) is 21.9 Å². The second-order valence-corrected chi connectivity index (χ2v) is 5.22. The highest BCUT2D eigenvalue weighted by atomic mass is 79.9. The van der Waals surface area contributed by atoms with E-state index < -0.39 is 0 Å². The van der Waals surface area contributed by atoms with E-state index in [1.807, 2.05) is 12.1 Å². The first-order valence-electron chi connectivity index (χ1n) is 5.56. The molecule has 3 aromatic rings. The Morgan fingerprint density at radius 3 is 2.53 bits per heavy atom. The maximum atomic E-state index is 5.61. The summed E-state index contributed by atoms with van der Waals surface area (Å²) in [6.07, 6.45) is 4.31. The molecule has 2 heterocycles. The Morgan fingerprint density at radius 2 is 1.82 bits per heavy atom. The van der Waals surface area contributed by atoms with Crippen molar-refractivity contribution < 1.29 is 14.6 Å². The number of fused-ring (bicyclic) bond motifs is 2. The molecule has 0 bridgehead atoms. The molecule has 0 saturated heterocycles. The highest BCUT2D eigenvalue weighted by Crippen LogP contribution is 2.37. The fourth-order valence-corrected chi connectivity index (χ4v) is 2.85. The zero-order valence-corrected chi connectivity index (χ0v) is 11.1. The maximum Gasteiger partial charge on any atom is 0.149 e. The first-order valence-corrected chi connectivity index (χ1v) is 6.35. The van der Waals surface area contributed by atoms with Gasteiger partial charge in [-0.2, -0.15) is 0 Å². The molecule has 0 aliphatic heterocycles. The molecule has 1 atom stereocenters. The van der Waals surface area contributed by atoms with E-state index in [-0.39, 0.29) is 0 Å². The van der Waals surface area contributed by atoms with Gasteiger partial charge in [0, 0.05) is 22.8 Å². The highest BCUT2D eigenvalue weighted by Gasteiger charge is 2.18. The molecule has 3 N–H and O–H groups in total. The highest BCUT2D eigenvalue weighted by molar-refractivity contribution is 9.10. The zero-order chi connectivity index (χ0) is 12.0. The topological polar surface area (TPSA) is 53.9 Å². The van der Waals surface area contributed by atoms with E-state index in [0.29, 0.717) is 6.04 Å². The third-order valence-electron chi connectivity index (χ3n) is 2.92. The minimum Gasteiger partial charge on any atom is -0.464 e. The molecule has 0 saturated carbocycles. The van der Waals surface area contributed by atoms with Gasteiger partial charge in [-0.25, -0.2) is 0 Å². The quantitative estimate of drug-likeness (QED) is 0.789. The van der Waals surface area contributed by atoms with Crippen LogP contribution in [0.2, 0.25) is 0 Å². The van der Waals surface area contributed by atoms with Crippen LogP contribution in [0.4, 0.5) is 0 Å². The van der Waals surface area contributed by atoms with Gasteiger partial charge in [0.15, 0.2) is 0 Å². The zero-order valence-electron chi connectivity index (χ0n) is 9.50. The number of halogens is 1. The van der Waals surface area contributed by atoms with E-state index in [1.165, 1.54) is 5.56 Å². The van der Waals surface area contributed by atoms with Crippen LogP contribution >= 0.6 is 15.9 Å². The molecule has 3 nitrogen and oxygen atoms in total. The van der Waals surface area contributed by atoms with Crippen LogP contribution in [0.1, 0.15) is 12.5 Å². The molecular weight excluding hydrogens is 282 g/mol. The fraction of sp³-hybridized carbons (Fsp3) is 0.231. The Morgan fingerprint density at radius 1 is 1.18 bits per heavy atom. The second-order valence-electron chi connectivity index (χ2n) is 4.43. The number of rotatable bonds is 2. The van der Waals surface area contributed by atoms with Crippen molar-refractivity contribution in [2.24, 2.45) is 0 Å². The summed E-state index contributed by atoms with van der Waals surface area (Å²) in [6.45, 7) is 2.10. The van der Waals surface area contributed by atoms with Gasteiger partial charge in [0.05, 0.1) is 23.0 Å². The summed E-state index contributed by atoms with van der Waals surface area (Å²) in [5.41, 5.74) is 7.05. The van der Waals surface area contributed by atoms with E-state index in [9.17, 15) is 0 Å². The number of benzene rings is 1. The summed E-state index contributed by atoms with van der Waals surface area (Å²) < 4.78 is 12.1. The van der Waals surface area contributed by atoms with Crippen LogP contribution in [-0.2, 0) is 6.42 Å². The minimum absolute atomic E-state index is 0.336. The average Bonchev–Trinajstić information content (AvgIpc) is 2.92. The predicted octanol–water partition coefficient (Wildman–Crippen LogP) is 3.11. The Bertz CT molecular complexity index is 629. The Kier molecular flexibility index (Phi) is 2.49. The van der Waals surface area contributed by atoms with Gasteiger partial charge in [-0.15, -0.1) is 0 Å². The lowest BCUT2D eigenvalue weighted by Gasteiger charge is -2.06. The SMILES string of the molecule is C[C@@H]([NH3+])Cc1c2ccoc2c(Br)c2ccoc12. The third kappa shape index (κ3) is 1.59. The fourth-order valence-electron chi connectivity index (χ4n) is 2.23. The molecule has 0 fully saturated rings. The van der Waals surface area contributed by atoms with Crippen molar-refractivity contribution in [1.82, 2.24) is 0 Å². The average molecular weight is 295 g/mol. The van der Waals surface area contributed by atoms with Crippen LogP contribution < -0.4 is 5.73 Å². The van der Waals surface area contributed by atoms with Crippen molar-refractivity contribution in [1.29, 1.82) is 0 Å². The van der Waals surface area contributed by atoms with Gasteiger partial charge >= 0.3 is 0 Å². The van der Waals surface area contributed by atoms with Gasteiger partial charge < -0.3 is 14.6 Å². The monoisotopic (exact) mass is 294 g/mol. The lowest BCUT2D eigenvalue weighted by molar-refractivity contribution is -0.413. The Balaban J connectivity index is 2.43. The molecule has 0 aliphatic rings. The number of hydrogen-bond donors (Lipinski definition) is 1. The molecule has 0 spiro atoms. The molecule has 88 valence electrons. The van der Waals surface area contributed by atoms with E-state index in [2.05, 4.69) is 28.6 Å². The summed E-state index contributed by atoms with van der Waals surface area (Å²) in [5, 5.41) is 2.16. The first kappa shape index (κ1) is 10.9. The molecule has 1 aromatic carbocycles. The summed E-state index contributed by atoms with van der Waals surface area (Å²) in [7, 11) is 0. The van der Waals surface area contributed by atoms with E-state index in [1.54, 1.807) is 12.5 Å². The molecule has 2 aromatic heterocycles. The van der Waals surface area contributed by atoms with Gasteiger partial charge in [0.2, 0.25) is 0 Å². The molecular formula is C13H13BrNO2+. The molecule has 3 rings (SSSR count). The summed E-state index contributed by atoms with van der Waals surface area (Å²) in [6, 6.07) is 4.28. The molecule has 0 unspecified atom stereocenters. The molecule has 17 heavy (non-hydrogen) atoms. The number of furan rings is 2. The van der Waals surface area contributed by atoms with Crippen LogP contribution in [0.3, 0.4) is 0 Å². The first-order chi connectivity index (χ1) is 8.18. The number of quaternary nitrogens is 1. The predicted molar refractivity (Wildman–Crippen MR) is 69.7 cm³/mol. The van der Waals surface area contributed by atoms with Crippen LogP contribution in [0.15, 0.2) is 38.0 Å². The smallest absolute Gasteiger partial charge is 0.149 e. The summed E-state index contributed by atoms with van der Waals surface area (Å²) in [5.74, 6) is 0. The van der Waals surface area contributed by atoms with Crippen LogP contribution in [0.5, 0.6) is 0 Å². The minimum atomic E-state index is 0.336. The van der Waals surface area contributed by atoms with Gasteiger partial charge in [-0.05, 0) is 35.0 Å². The summed E-state index contributed by atoms with van der Waals surface area (Å²) >= 11 is 3.57. The normalized spacial score (nSPS) is 13.6. The summed E-state index contributed by atoms with van der Waals surface area (Å²) in [4.78, 5) is 0. The molecule has 0 amide bonds. The van der Waals surface area contributed by atoms with Gasteiger partial charge in [-0.3, -0.25) is 0 Å². The maximum absolute atomic E-state index is 5.61. The van der Waals surface area contributed by atoms with Crippen molar-refractivity contribution in [3.8, 4) is 0 Å². The Labute approximate surface area is 107 Å². The van der Waals surface area contributed by atoms with E-state index >= 15 is 0 Å². The van der Waals surface area contributed by atoms with Crippen molar-refractivity contribution in [2.45, 2.75) is 19.4 Å². The van der Waals surface area contributed by atoms with Crippen molar-refractivity contribution in [3.05, 3.63) is 34.7 Å². The van der Waals surface area contributed by atoms with Gasteiger partial charge in [-0.1, -0.05) is 0 Å². The van der Waals surface area contributed by atoms with Crippen molar-refractivity contribution in [3.63, 3.8) is 0 Å².